The Morgan fingerprint density at radius 1 is 1.28 bits per heavy atom. The molecule has 4 nitrogen and oxygen atoms in total. The van der Waals surface area contributed by atoms with E-state index in [0.717, 1.165) is 28.8 Å². The van der Waals surface area contributed by atoms with Crippen LogP contribution in [-0.2, 0) is 6.42 Å². The lowest BCUT2D eigenvalue weighted by molar-refractivity contribution is 0.615. The Bertz CT molecular complexity index is 703. The van der Waals surface area contributed by atoms with Gasteiger partial charge in [-0.1, -0.05) is 13.0 Å². The maximum absolute atomic E-state index is 5.75. The summed E-state index contributed by atoms with van der Waals surface area (Å²) in [5, 5.41) is 0. The third-order valence-corrected chi connectivity index (χ3v) is 2.91. The predicted octanol–water partition coefficient (Wildman–Crippen LogP) is 3.16. The highest BCUT2D eigenvalue weighted by molar-refractivity contribution is 5.76. The second-order valence-electron chi connectivity index (χ2n) is 4.24. The molecular formula is C14H13N3O. The van der Waals surface area contributed by atoms with E-state index in [-0.39, 0.29) is 0 Å². The Kier molecular flexibility index (Phi) is 2.55. The molecule has 3 aromatic rings. The van der Waals surface area contributed by atoms with E-state index in [1.54, 1.807) is 0 Å². The molecule has 0 saturated carbocycles. The van der Waals surface area contributed by atoms with Gasteiger partial charge in [-0.25, -0.2) is 15.0 Å². The first-order valence-electron chi connectivity index (χ1n) is 5.94. The molecule has 0 aliphatic heterocycles. The Labute approximate surface area is 105 Å². The van der Waals surface area contributed by atoms with E-state index in [4.69, 9.17) is 4.42 Å². The summed E-state index contributed by atoms with van der Waals surface area (Å²) in [7, 11) is 0. The number of fused-ring (bicyclic) bond motifs is 1. The maximum atomic E-state index is 5.75. The van der Waals surface area contributed by atoms with Crippen molar-refractivity contribution in [2.24, 2.45) is 0 Å². The molecule has 0 spiro atoms. The summed E-state index contributed by atoms with van der Waals surface area (Å²) in [4.78, 5) is 12.8. The summed E-state index contributed by atoms with van der Waals surface area (Å²) < 4.78 is 5.75. The summed E-state index contributed by atoms with van der Waals surface area (Å²) >= 11 is 0. The van der Waals surface area contributed by atoms with Crippen molar-refractivity contribution in [3.8, 4) is 11.6 Å². The predicted molar refractivity (Wildman–Crippen MR) is 69.2 cm³/mol. The molecule has 0 radical (unpaired) electrons. The fourth-order valence-electron chi connectivity index (χ4n) is 1.95. The van der Waals surface area contributed by atoms with Crippen LogP contribution in [0.5, 0.6) is 0 Å². The maximum Gasteiger partial charge on any atom is 0.246 e. The van der Waals surface area contributed by atoms with Gasteiger partial charge >= 0.3 is 0 Å². The molecule has 0 fully saturated rings. The first kappa shape index (κ1) is 10.9. The van der Waals surface area contributed by atoms with E-state index in [9.17, 15) is 0 Å². The van der Waals surface area contributed by atoms with Gasteiger partial charge in [-0.15, -0.1) is 0 Å². The number of nitrogens with zero attached hydrogens (tertiary/aromatic N) is 3. The van der Waals surface area contributed by atoms with Crippen LogP contribution in [0.15, 0.2) is 35.1 Å². The second-order valence-corrected chi connectivity index (χ2v) is 4.24. The minimum atomic E-state index is 0.565. The van der Waals surface area contributed by atoms with Crippen LogP contribution in [-0.4, -0.2) is 15.0 Å². The van der Waals surface area contributed by atoms with Gasteiger partial charge in [-0.05, 0) is 31.0 Å². The zero-order valence-corrected chi connectivity index (χ0v) is 10.3. The zero-order chi connectivity index (χ0) is 12.5. The Morgan fingerprint density at radius 3 is 3.00 bits per heavy atom. The molecule has 1 aromatic carbocycles. The summed E-state index contributed by atoms with van der Waals surface area (Å²) in [5.41, 5.74) is 4.64. The number of hydrogen-bond acceptors (Lipinski definition) is 4. The van der Waals surface area contributed by atoms with Crippen molar-refractivity contribution in [3.05, 3.63) is 41.9 Å². The SMILES string of the molecule is CCc1cncnc1-c1nc2cc(C)ccc2o1. The van der Waals surface area contributed by atoms with Crippen molar-refractivity contribution >= 4 is 11.1 Å². The van der Waals surface area contributed by atoms with Gasteiger partial charge in [-0.2, -0.15) is 0 Å². The van der Waals surface area contributed by atoms with Gasteiger partial charge in [0.2, 0.25) is 5.89 Å². The highest BCUT2D eigenvalue weighted by Gasteiger charge is 2.12. The molecule has 0 atom stereocenters. The van der Waals surface area contributed by atoms with E-state index in [2.05, 4.69) is 21.9 Å². The number of aryl methyl sites for hydroxylation is 2. The number of benzene rings is 1. The standard InChI is InChI=1S/C14H13N3O/c1-3-10-7-15-8-16-13(10)14-17-11-6-9(2)4-5-12(11)18-14/h4-8H,3H2,1-2H3. The zero-order valence-electron chi connectivity index (χ0n) is 10.3. The van der Waals surface area contributed by atoms with Crippen LogP contribution in [0.25, 0.3) is 22.7 Å². The molecule has 3 rings (SSSR count). The number of aromatic nitrogens is 3. The summed E-state index contributed by atoms with van der Waals surface area (Å²) in [5.74, 6) is 0.565. The first-order chi connectivity index (χ1) is 8.78. The molecule has 2 aromatic heterocycles. The van der Waals surface area contributed by atoms with Gasteiger partial charge < -0.3 is 4.42 Å². The average Bonchev–Trinajstić information content (AvgIpc) is 2.81. The summed E-state index contributed by atoms with van der Waals surface area (Å²) in [6, 6.07) is 5.96. The van der Waals surface area contributed by atoms with Gasteiger partial charge in [0, 0.05) is 11.8 Å². The topological polar surface area (TPSA) is 51.8 Å². The molecule has 0 N–H and O–H groups in total. The fourth-order valence-corrected chi connectivity index (χ4v) is 1.95. The van der Waals surface area contributed by atoms with Crippen LogP contribution in [0.2, 0.25) is 0 Å². The van der Waals surface area contributed by atoms with Crippen LogP contribution < -0.4 is 0 Å². The van der Waals surface area contributed by atoms with Crippen molar-refractivity contribution in [1.82, 2.24) is 15.0 Å². The minimum Gasteiger partial charge on any atom is -0.435 e. The quantitative estimate of drug-likeness (QED) is 0.689. The van der Waals surface area contributed by atoms with Crippen LogP contribution in [0.1, 0.15) is 18.1 Å². The summed E-state index contributed by atoms with van der Waals surface area (Å²) in [6.07, 6.45) is 4.19. The molecule has 2 heterocycles. The molecular weight excluding hydrogens is 226 g/mol. The lowest BCUT2D eigenvalue weighted by Crippen LogP contribution is -1.92. The van der Waals surface area contributed by atoms with E-state index in [1.165, 1.54) is 11.9 Å². The van der Waals surface area contributed by atoms with Crippen molar-refractivity contribution in [2.75, 3.05) is 0 Å². The molecule has 4 heteroatoms. The van der Waals surface area contributed by atoms with Gasteiger partial charge in [0.15, 0.2) is 5.58 Å². The lowest BCUT2D eigenvalue weighted by Gasteiger charge is -2.00. The monoisotopic (exact) mass is 239 g/mol. The smallest absolute Gasteiger partial charge is 0.246 e. The Balaban J connectivity index is 2.19. The van der Waals surface area contributed by atoms with E-state index >= 15 is 0 Å². The van der Waals surface area contributed by atoms with Gasteiger partial charge in [0.25, 0.3) is 0 Å². The van der Waals surface area contributed by atoms with Crippen molar-refractivity contribution in [2.45, 2.75) is 20.3 Å². The number of hydrogen-bond donors (Lipinski definition) is 0. The molecule has 0 bridgehead atoms. The molecule has 0 unspecified atom stereocenters. The second kappa shape index (κ2) is 4.22. The third-order valence-electron chi connectivity index (χ3n) is 2.91. The average molecular weight is 239 g/mol. The molecule has 90 valence electrons. The number of oxazole rings is 1. The van der Waals surface area contributed by atoms with Crippen molar-refractivity contribution in [3.63, 3.8) is 0 Å². The van der Waals surface area contributed by atoms with Crippen LogP contribution >= 0.6 is 0 Å². The molecule has 0 aliphatic rings. The Morgan fingerprint density at radius 2 is 2.17 bits per heavy atom. The molecule has 18 heavy (non-hydrogen) atoms. The fraction of sp³-hybridized carbons (Fsp3) is 0.214. The Hall–Kier alpha value is -2.23. The lowest BCUT2D eigenvalue weighted by atomic mass is 10.2. The number of rotatable bonds is 2. The van der Waals surface area contributed by atoms with E-state index < -0.39 is 0 Å². The molecule has 0 saturated heterocycles. The molecule has 0 aliphatic carbocycles. The highest BCUT2D eigenvalue weighted by Crippen LogP contribution is 2.25. The van der Waals surface area contributed by atoms with Gasteiger partial charge in [-0.3, -0.25) is 0 Å². The van der Waals surface area contributed by atoms with E-state index in [1.807, 2.05) is 31.3 Å². The van der Waals surface area contributed by atoms with Crippen LogP contribution in [0.3, 0.4) is 0 Å². The third kappa shape index (κ3) is 1.76. The molecule has 0 amide bonds. The van der Waals surface area contributed by atoms with Crippen molar-refractivity contribution in [1.29, 1.82) is 0 Å². The largest absolute Gasteiger partial charge is 0.435 e. The van der Waals surface area contributed by atoms with Gasteiger partial charge in [0.05, 0.1) is 0 Å². The summed E-state index contributed by atoms with van der Waals surface area (Å²) in [6.45, 7) is 4.10. The van der Waals surface area contributed by atoms with Gasteiger partial charge in [0.1, 0.15) is 17.5 Å². The first-order valence-corrected chi connectivity index (χ1v) is 5.94. The van der Waals surface area contributed by atoms with Crippen LogP contribution in [0.4, 0.5) is 0 Å². The van der Waals surface area contributed by atoms with Crippen LogP contribution in [0, 0.1) is 6.92 Å². The normalized spacial score (nSPS) is 11.0. The van der Waals surface area contributed by atoms with Crippen molar-refractivity contribution < 1.29 is 4.42 Å². The van der Waals surface area contributed by atoms with E-state index in [0.29, 0.717) is 5.89 Å². The minimum absolute atomic E-state index is 0.565. The highest BCUT2D eigenvalue weighted by atomic mass is 16.3.